The summed E-state index contributed by atoms with van der Waals surface area (Å²) >= 11 is 7.90. The van der Waals surface area contributed by atoms with Gasteiger partial charge in [-0.3, -0.25) is 0 Å². The van der Waals surface area contributed by atoms with E-state index in [9.17, 15) is 4.79 Å². The molecule has 1 aromatic heterocycles. The number of thioether (sulfide) groups is 1. The van der Waals surface area contributed by atoms with Crippen molar-refractivity contribution in [3.05, 3.63) is 111 Å². The third kappa shape index (κ3) is 6.76. The van der Waals surface area contributed by atoms with E-state index in [1.165, 1.54) is 23.7 Å². The average molecular weight is 615 g/mol. The summed E-state index contributed by atoms with van der Waals surface area (Å²) in [6, 6.07) is 23.3. The minimum Gasteiger partial charge on any atom is -0.489 e. The highest BCUT2D eigenvalue weighted by atomic mass is 35.5. The smallest absolute Gasteiger partial charge is 0.338 e. The first kappa shape index (κ1) is 29.3. The first-order valence-electron chi connectivity index (χ1n) is 14.7. The Morgan fingerprint density at radius 3 is 2.56 bits per heavy atom. The molecule has 3 aromatic carbocycles. The lowest BCUT2D eigenvalue weighted by molar-refractivity contribution is -0.146. The van der Waals surface area contributed by atoms with Crippen LogP contribution in [0.1, 0.15) is 67.3 Å². The molecule has 222 valence electrons. The van der Waals surface area contributed by atoms with Crippen molar-refractivity contribution in [1.29, 1.82) is 0 Å². The summed E-state index contributed by atoms with van der Waals surface area (Å²) in [5, 5.41) is 9.51. The van der Waals surface area contributed by atoms with E-state index in [2.05, 4.69) is 24.4 Å². The predicted octanol–water partition coefficient (Wildman–Crippen LogP) is 8.28. The standard InChI is InChI=1S/C34H35ClN4O3S/c1-22-11-6-7-12-25(22)20-41-28-17-10-14-24(19-28)31-30(32(40)42-27-15-4-3-5-16-27)23(2)36-33-37-34(38-39(31)33)43-21-26-13-8-9-18-29(26)35/h6-14,17-19,27,31H,3-5,15-16,20-21H2,1-2H3,(H,36,37,38). The van der Waals surface area contributed by atoms with Crippen LogP contribution in [0.2, 0.25) is 5.02 Å². The third-order valence-corrected chi connectivity index (χ3v) is 9.28. The third-order valence-electron chi connectivity index (χ3n) is 8.02. The molecule has 1 fully saturated rings. The number of ether oxygens (including phenoxy) is 2. The number of hydrogen-bond acceptors (Lipinski definition) is 7. The van der Waals surface area contributed by atoms with Crippen molar-refractivity contribution in [3.8, 4) is 5.75 Å². The highest BCUT2D eigenvalue weighted by molar-refractivity contribution is 7.98. The van der Waals surface area contributed by atoms with Crippen LogP contribution in [0.15, 0.2) is 89.2 Å². The van der Waals surface area contributed by atoms with Crippen LogP contribution >= 0.6 is 23.4 Å². The number of aromatic nitrogens is 3. The van der Waals surface area contributed by atoms with Crippen molar-refractivity contribution < 1.29 is 14.3 Å². The van der Waals surface area contributed by atoms with Crippen LogP contribution < -0.4 is 10.1 Å². The highest BCUT2D eigenvalue weighted by Crippen LogP contribution is 2.39. The Balaban J connectivity index is 1.31. The van der Waals surface area contributed by atoms with Crippen molar-refractivity contribution in [2.45, 2.75) is 75.6 Å². The number of carbonyl (C=O) groups excluding carboxylic acids is 1. The first-order chi connectivity index (χ1) is 21.0. The molecule has 0 amide bonds. The quantitative estimate of drug-likeness (QED) is 0.150. The Morgan fingerprint density at radius 2 is 1.77 bits per heavy atom. The van der Waals surface area contributed by atoms with Crippen LogP contribution in [0.3, 0.4) is 0 Å². The summed E-state index contributed by atoms with van der Waals surface area (Å²) in [6.07, 6.45) is 5.08. The SMILES string of the molecule is CC1=C(C(=O)OC2CCCCC2)C(c2cccc(OCc3ccccc3C)c2)n2nc(SCc3ccccc3Cl)nc2N1. The van der Waals surface area contributed by atoms with Gasteiger partial charge in [0.05, 0.1) is 5.57 Å². The van der Waals surface area contributed by atoms with E-state index in [-0.39, 0.29) is 12.1 Å². The van der Waals surface area contributed by atoms with Gasteiger partial charge in [0.2, 0.25) is 11.1 Å². The average Bonchev–Trinajstić information content (AvgIpc) is 3.42. The molecule has 1 saturated carbocycles. The molecule has 6 rings (SSSR count). The van der Waals surface area contributed by atoms with Crippen LogP contribution in [-0.2, 0) is 21.9 Å². The lowest BCUT2D eigenvalue weighted by Crippen LogP contribution is -2.32. The van der Waals surface area contributed by atoms with Gasteiger partial charge in [-0.25, -0.2) is 9.48 Å². The van der Waals surface area contributed by atoms with E-state index in [0.29, 0.717) is 45.5 Å². The second kappa shape index (κ2) is 13.3. The van der Waals surface area contributed by atoms with Crippen molar-refractivity contribution in [2.75, 3.05) is 5.32 Å². The van der Waals surface area contributed by atoms with Crippen LogP contribution in [-0.4, -0.2) is 26.8 Å². The molecule has 0 radical (unpaired) electrons. The fraction of sp³-hybridized carbons (Fsp3) is 0.324. The maximum absolute atomic E-state index is 13.8. The first-order valence-corrected chi connectivity index (χ1v) is 16.1. The number of hydrogen-bond donors (Lipinski definition) is 1. The highest BCUT2D eigenvalue weighted by Gasteiger charge is 2.36. The Labute approximate surface area is 261 Å². The number of fused-ring (bicyclic) bond motifs is 1. The monoisotopic (exact) mass is 614 g/mol. The number of benzene rings is 3. The minimum atomic E-state index is -0.531. The lowest BCUT2D eigenvalue weighted by Gasteiger charge is -2.30. The second-order valence-corrected chi connectivity index (χ2v) is 12.4. The van der Waals surface area contributed by atoms with E-state index in [0.717, 1.165) is 42.4 Å². The maximum atomic E-state index is 13.8. The van der Waals surface area contributed by atoms with Crippen molar-refractivity contribution in [1.82, 2.24) is 14.8 Å². The Hall–Kier alpha value is -3.75. The molecule has 0 saturated heterocycles. The molecule has 1 unspecified atom stereocenters. The van der Waals surface area contributed by atoms with Gasteiger partial charge in [-0.1, -0.05) is 84.4 Å². The number of nitrogens with one attached hydrogen (secondary N) is 1. The topological polar surface area (TPSA) is 78.3 Å². The molecule has 0 bridgehead atoms. The molecular formula is C34H35ClN4O3S. The van der Waals surface area contributed by atoms with E-state index >= 15 is 0 Å². The largest absolute Gasteiger partial charge is 0.489 e. The molecular weight excluding hydrogens is 580 g/mol. The van der Waals surface area contributed by atoms with E-state index in [1.807, 2.05) is 67.6 Å². The number of allylic oxidation sites excluding steroid dienone is 1. The molecule has 9 heteroatoms. The molecule has 2 heterocycles. The minimum absolute atomic E-state index is 0.0649. The molecule has 0 spiro atoms. The zero-order valence-corrected chi connectivity index (χ0v) is 26.0. The molecule has 1 atom stereocenters. The summed E-state index contributed by atoms with van der Waals surface area (Å²) in [5.74, 6) is 1.59. The van der Waals surface area contributed by atoms with Crippen LogP contribution in [0.4, 0.5) is 5.95 Å². The number of nitrogens with zero attached hydrogens (tertiary/aromatic N) is 3. The zero-order chi connectivity index (χ0) is 29.8. The predicted molar refractivity (Wildman–Crippen MR) is 170 cm³/mol. The van der Waals surface area contributed by atoms with Crippen molar-refractivity contribution in [2.24, 2.45) is 0 Å². The van der Waals surface area contributed by atoms with Gasteiger partial charge in [0, 0.05) is 16.5 Å². The zero-order valence-electron chi connectivity index (χ0n) is 24.4. The van der Waals surface area contributed by atoms with Crippen LogP contribution in [0.5, 0.6) is 5.75 Å². The molecule has 43 heavy (non-hydrogen) atoms. The van der Waals surface area contributed by atoms with Gasteiger partial charge in [0.25, 0.3) is 0 Å². The Morgan fingerprint density at radius 1 is 1.00 bits per heavy atom. The lowest BCUT2D eigenvalue weighted by atomic mass is 9.94. The molecule has 1 N–H and O–H groups in total. The van der Waals surface area contributed by atoms with Gasteiger partial charge < -0.3 is 14.8 Å². The van der Waals surface area contributed by atoms with Crippen LogP contribution in [0.25, 0.3) is 0 Å². The Bertz CT molecular complexity index is 1650. The van der Waals surface area contributed by atoms with Gasteiger partial charge in [0.15, 0.2) is 0 Å². The Kier molecular flexibility index (Phi) is 9.05. The summed E-state index contributed by atoms with van der Waals surface area (Å²) in [6.45, 7) is 4.43. The molecule has 1 aliphatic heterocycles. The van der Waals surface area contributed by atoms with Gasteiger partial charge in [-0.05, 0) is 80.0 Å². The normalized spacial score (nSPS) is 16.9. The fourth-order valence-corrected chi connectivity index (χ4v) is 6.74. The molecule has 7 nitrogen and oxygen atoms in total. The van der Waals surface area contributed by atoms with Crippen molar-refractivity contribution in [3.63, 3.8) is 0 Å². The number of rotatable bonds is 9. The summed E-state index contributed by atoms with van der Waals surface area (Å²) in [5.41, 5.74) is 5.42. The fourth-order valence-electron chi connectivity index (χ4n) is 5.63. The summed E-state index contributed by atoms with van der Waals surface area (Å²) in [4.78, 5) is 18.6. The van der Waals surface area contributed by atoms with Gasteiger partial charge in [-0.2, -0.15) is 4.98 Å². The number of anilines is 1. The number of halogens is 1. The second-order valence-electron chi connectivity index (χ2n) is 11.1. The van der Waals surface area contributed by atoms with Gasteiger partial charge in [-0.15, -0.1) is 5.10 Å². The molecule has 4 aromatic rings. The van der Waals surface area contributed by atoms with E-state index < -0.39 is 6.04 Å². The van der Waals surface area contributed by atoms with Gasteiger partial charge >= 0.3 is 5.97 Å². The molecule has 1 aliphatic carbocycles. The van der Waals surface area contributed by atoms with E-state index in [1.54, 1.807) is 4.68 Å². The van der Waals surface area contributed by atoms with E-state index in [4.69, 9.17) is 31.2 Å². The van der Waals surface area contributed by atoms with Crippen LogP contribution in [0, 0.1) is 6.92 Å². The maximum Gasteiger partial charge on any atom is 0.338 e. The number of aryl methyl sites for hydroxylation is 1. The summed E-state index contributed by atoms with van der Waals surface area (Å²) < 4.78 is 14.1. The number of esters is 1. The summed E-state index contributed by atoms with van der Waals surface area (Å²) in [7, 11) is 0. The molecule has 2 aliphatic rings. The van der Waals surface area contributed by atoms with Crippen molar-refractivity contribution >= 4 is 35.3 Å². The number of carbonyl (C=O) groups is 1. The van der Waals surface area contributed by atoms with Gasteiger partial charge in [0.1, 0.15) is 24.5 Å².